The number of rotatable bonds is 8. The van der Waals surface area contributed by atoms with Gasteiger partial charge in [0.1, 0.15) is 0 Å². The molecule has 0 radical (unpaired) electrons. The standard InChI is InChI=1S/C24H26N2O2/c1-5-9-14-18(7-3)24-23(20(13-6-2)22(8-4)25-24)21(17-26(27)28)19-15-11-10-12-16-19/h5-16,21,25H,1-2,17H2,3-4H3/b14-9-,18-7+,20-13+,22-8+. The fraction of sp³-hybridized carbons (Fsp3) is 0.167. The van der Waals surface area contributed by atoms with Crippen molar-refractivity contribution in [2.75, 3.05) is 6.54 Å². The topological polar surface area (TPSA) is 58.9 Å². The monoisotopic (exact) mass is 374 g/mol. The number of nitrogens with zero attached hydrogens (tertiary/aromatic N) is 1. The molecule has 1 atom stereocenters. The molecule has 1 N–H and O–H groups in total. The van der Waals surface area contributed by atoms with Gasteiger partial charge in [-0.05, 0) is 30.5 Å². The summed E-state index contributed by atoms with van der Waals surface area (Å²) in [6, 6.07) is 9.61. The van der Waals surface area contributed by atoms with Gasteiger partial charge in [0.15, 0.2) is 0 Å². The number of aromatic nitrogens is 1. The first kappa shape index (κ1) is 20.9. The van der Waals surface area contributed by atoms with E-state index < -0.39 is 5.92 Å². The molecule has 0 spiro atoms. The van der Waals surface area contributed by atoms with Gasteiger partial charge in [-0.3, -0.25) is 10.1 Å². The summed E-state index contributed by atoms with van der Waals surface area (Å²) in [5.74, 6) is -0.394. The van der Waals surface area contributed by atoms with Gasteiger partial charge in [0, 0.05) is 15.5 Å². The molecule has 4 nitrogen and oxygen atoms in total. The van der Waals surface area contributed by atoms with E-state index in [4.69, 9.17) is 0 Å². The molecule has 1 unspecified atom stereocenters. The molecule has 1 aromatic heterocycles. The molecule has 0 bridgehead atoms. The molecule has 0 aliphatic rings. The van der Waals surface area contributed by atoms with Gasteiger partial charge in [0.05, 0.1) is 11.6 Å². The Balaban J connectivity index is 2.91. The van der Waals surface area contributed by atoms with E-state index >= 15 is 0 Å². The number of aromatic amines is 1. The first-order valence-corrected chi connectivity index (χ1v) is 9.20. The fourth-order valence-electron chi connectivity index (χ4n) is 3.36. The van der Waals surface area contributed by atoms with Crippen LogP contribution in [-0.2, 0) is 0 Å². The maximum absolute atomic E-state index is 11.5. The van der Waals surface area contributed by atoms with Crippen molar-refractivity contribution < 1.29 is 4.92 Å². The first-order chi connectivity index (χ1) is 13.6. The smallest absolute Gasteiger partial charge is 0.214 e. The Hall–Kier alpha value is -3.40. The summed E-state index contributed by atoms with van der Waals surface area (Å²) in [4.78, 5) is 14.7. The maximum Gasteiger partial charge on any atom is 0.214 e. The molecule has 4 heteroatoms. The quantitative estimate of drug-likeness (QED) is 0.425. The summed E-state index contributed by atoms with van der Waals surface area (Å²) in [5.41, 5.74) is 3.63. The predicted molar refractivity (Wildman–Crippen MR) is 118 cm³/mol. The molecule has 0 saturated heterocycles. The van der Waals surface area contributed by atoms with Crippen molar-refractivity contribution in [2.24, 2.45) is 0 Å². The van der Waals surface area contributed by atoms with E-state index in [1.807, 2.05) is 74.6 Å². The van der Waals surface area contributed by atoms with E-state index in [0.29, 0.717) is 0 Å². The summed E-state index contributed by atoms with van der Waals surface area (Å²) in [6.45, 7) is 11.3. The number of nitro groups is 1. The van der Waals surface area contributed by atoms with Gasteiger partial charge in [0.2, 0.25) is 6.54 Å². The number of nitrogens with one attached hydrogen (secondary N) is 1. The van der Waals surface area contributed by atoms with Crippen LogP contribution in [0.4, 0.5) is 0 Å². The lowest BCUT2D eigenvalue weighted by atomic mass is 9.88. The molecule has 0 fully saturated rings. The molecule has 0 saturated carbocycles. The third-order valence-corrected chi connectivity index (χ3v) is 4.58. The zero-order valence-electron chi connectivity index (χ0n) is 16.4. The van der Waals surface area contributed by atoms with Gasteiger partial charge in [0.25, 0.3) is 0 Å². The van der Waals surface area contributed by atoms with Crippen LogP contribution >= 0.6 is 0 Å². The molecule has 2 aromatic rings. The molecule has 1 heterocycles. The van der Waals surface area contributed by atoms with Crippen LogP contribution in [0, 0.1) is 10.1 Å². The Morgan fingerprint density at radius 2 is 1.93 bits per heavy atom. The third-order valence-electron chi connectivity index (χ3n) is 4.58. The van der Waals surface area contributed by atoms with Gasteiger partial charge in [-0.15, -0.1) is 0 Å². The number of hydrogen-bond acceptors (Lipinski definition) is 2. The summed E-state index contributed by atoms with van der Waals surface area (Å²) >= 11 is 0. The van der Waals surface area contributed by atoms with Crippen LogP contribution < -0.4 is 10.6 Å². The number of hydrogen-bond donors (Lipinski definition) is 1. The second-order valence-corrected chi connectivity index (χ2v) is 6.25. The molecule has 0 aliphatic carbocycles. The number of benzene rings is 1. The van der Waals surface area contributed by atoms with Crippen LogP contribution in [0.2, 0.25) is 0 Å². The Labute approximate surface area is 165 Å². The normalized spacial score (nSPS) is 14.4. The van der Waals surface area contributed by atoms with Crippen LogP contribution in [0.3, 0.4) is 0 Å². The first-order valence-electron chi connectivity index (χ1n) is 9.20. The van der Waals surface area contributed by atoms with Gasteiger partial charge in [-0.2, -0.15) is 0 Å². The fourth-order valence-corrected chi connectivity index (χ4v) is 3.36. The van der Waals surface area contributed by atoms with E-state index in [1.165, 1.54) is 0 Å². The van der Waals surface area contributed by atoms with Crippen LogP contribution in [0.15, 0.2) is 73.9 Å². The van der Waals surface area contributed by atoms with Gasteiger partial charge in [-0.25, -0.2) is 0 Å². The molecular formula is C24H26N2O2. The average molecular weight is 374 g/mol. The Kier molecular flexibility index (Phi) is 7.52. The minimum Gasteiger partial charge on any atom is -0.355 e. The third kappa shape index (κ3) is 4.65. The summed E-state index contributed by atoms with van der Waals surface area (Å²) in [5, 5.41) is 13.4. The van der Waals surface area contributed by atoms with E-state index in [1.54, 1.807) is 12.2 Å². The summed E-state index contributed by atoms with van der Waals surface area (Å²) in [7, 11) is 0. The Morgan fingerprint density at radius 1 is 1.21 bits per heavy atom. The van der Waals surface area contributed by atoms with Crippen molar-refractivity contribution in [3.63, 3.8) is 0 Å². The van der Waals surface area contributed by atoms with Crippen LogP contribution in [-0.4, -0.2) is 16.5 Å². The van der Waals surface area contributed by atoms with Crippen LogP contribution in [0.25, 0.3) is 17.7 Å². The van der Waals surface area contributed by atoms with Crippen molar-refractivity contribution in [3.05, 3.63) is 111 Å². The zero-order chi connectivity index (χ0) is 20.5. The lowest BCUT2D eigenvalue weighted by Gasteiger charge is -2.16. The molecule has 144 valence electrons. The molecule has 28 heavy (non-hydrogen) atoms. The van der Waals surface area contributed by atoms with Crippen LogP contribution in [0.5, 0.6) is 0 Å². The van der Waals surface area contributed by atoms with E-state index in [9.17, 15) is 10.1 Å². The van der Waals surface area contributed by atoms with Crippen molar-refractivity contribution in [1.82, 2.24) is 4.98 Å². The lowest BCUT2D eigenvalue weighted by molar-refractivity contribution is -0.481. The average Bonchev–Trinajstić information content (AvgIpc) is 3.05. The van der Waals surface area contributed by atoms with Crippen molar-refractivity contribution >= 4 is 17.7 Å². The second kappa shape index (κ2) is 10.1. The maximum atomic E-state index is 11.5. The summed E-state index contributed by atoms with van der Waals surface area (Å²) < 4.78 is 0. The Bertz CT molecular complexity index is 1020. The van der Waals surface area contributed by atoms with Crippen LogP contribution in [0.1, 0.15) is 36.6 Å². The highest BCUT2D eigenvalue weighted by atomic mass is 16.6. The van der Waals surface area contributed by atoms with Gasteiger partial charge < -0.3 is 4.98 Å². The second-order valence-electron chi connectivity index (χ2n) is 6.25. The molecular weight excluding hydrogens is 348 g/mol. The Morgan fingerprint density at radius 3 is 2.46 bits per heavy atom. The molecule has 1 aromatic carbocycles. The molecule has 2 rings (SSSR count). The largest absolute Gasteiger partial charge is 0.355 e. The zero-order valence-corrected chi connectivity index (χ0v) is 16.4. The van der Waals surface area contributed by atoms with Crippen molar-refractivity contribution in [3.8, 4) is 0 Å². The van der Waals surface area contributed by atoms with Gasteiger partial charge in [-0.1, -0.05) is 86.0 Å². The molecule has 0 amide bonds. The lowest BCUT2D eigenvalue weighted by Crippen LogP contribution is -2.28. The minimum atomic E-state index is -0.394. The highest BCUT2D eigenvalue weighted by molar-refractivity contribution is 5.75. The number of allylic oxidation sites excluding steroid dienone is 6. The van der Waals surface area contributed by atoms with Gasteiger partial charge >= 0.3 is 0 Å². The SMILES string of the molecule is C=C/C=C\C(=C/C)c1[nH]c(=C/C)/c(=C\C=C)c1C(C[N+](=O)[O-])c1ccccc1. The summed E-state index contributed by atoms with van der Waals surface area (Å²) in [6.07, 6.45) is 13.1. The highest BCUT2D eigenvalue weighted by Crippen LogP contribution is 2.28. The molecule has 0 aliphatic heterocycles. The predicted octanol–water partition coefficient (Wildman–Crippen LogP) is 4.34. The highest BCUT2D eigenvalue weighted by Gasteiger charge is 2.26. The van der Waals surface area contributed by atoms with E-state index in [2.05, 4.69) is 18.1 Å². The van der Waals surface area contributed by atoms with E-state index in [0.717, 1.165) is 33.0 Å². The van der Waals surface area contributed by atoms with E-state index in [-0.39, 0.29) is 11.5 Å². The minimum absolute atomic E-state index is 0.196. The van der Waals surface area contributed by atoms with Crippen molar-refractivity contribution in [1.29, 1.82) is 0 Å². The van der Waals surface area contributed by atoms with Crippen molar-refractivity contribution in [2.45, 2.75) is 19.8 Å². The number of H-pyrrole nitrogens is 1.